The topological polar surface area (TPSA) is 102 Å². The number of ether oxygens (including phenoxy) is 3. The van der Waals surface area contributed by atoms with E-state index in [2.05, 4.69) is 9.47 Å². The molecule has 0 aromatic carbocycles. The molecule has 0 aliphatic rings. The Bertz CT molecular complexity index is 273. The summed E-state index contributed by atoms with van der Waals surface area (Å²) in [5, 5.41) is 17.2. The van der Waals surface area contributed by atoms with E-state index in [-0.39, 0.29) is 33.0 Å². The van der Waals surface area contributed by atoms with Crippen molar-refractivity contribution in [3.63, 3.8) is 0 Å². The Morgan fingerprint density at radius 1 is 1.11 bits per heavy atom. The maximum absolute atomic E-state index is 11.0. The van der Waals surface area contributed by atoms with Gasteiger partial charge >= 0.3 is 11.9 Å². The van der Waals surface area contributed by atoms with Crippen molar-refractivity contribution in [2.75, 3.05) is 33.0 Å². The fourth-order valence-electron chi connectivity index (χ4n) is 0.803. The lowest BCUT2D eigenvalue weighted by molar-refractivity contribution is -0.142. The van der Waals surface area contributed by atoms with Crippen LogP contribution in [0.15, 0.2) is 12.2 Å². The number of carbonyl (C=O) groups excluding carboxylic acids is 2. The molecule has 0 bridgehead atoms. The predicted molar refractivity (Wildman–Crippen MR) is 60.6 cm³/mol. The molecule has 0 fully saturated rings. The Balaban J connectivity index is 3.63. The van der Waals surface area contributed by atoms with Gasteiger partial charge in [-0.2, -0.15) is 0 Å². The minimum absolute atomic E-state index is 0.0336. The molecule has 0 saturated heterocycles. The van der Waals surface area contributed by atoms with Gasteiger partial charge in [0.1, 0.15) is 13.2 Å². The zero-order valence-corrected chi connectivity index (χ0v) is 10.2. The first-order valence-corrected chi connectivity index (χ1v) is 5.44. The van der Waals surface area contributed by atoms with Crippen LogP contribution in [0.4, 0.5) is 0 Å². The van der Waals surface area contributed by atoms with Crippen molar-refractivity contribution in [3.8, 4) is 0 Å². The summed E-state index contributed by atoms with van der Waals surface area (Å²) in [6, 6.07) is 0. The second-order valence-corrected chi connectivity index (χ2v) is 3.32. The first kappa shape index (κ1) is 16.6. The standard InChI is InChI=1S/C11H18O7/c1-9(13)8-18-11(15)3-2-10(14)17-7-6-16-5-4-12/h2-3,9,12-13H,4-8H2,1H3/b3-2+. The van der Waals surface area contributed by atoms with Gasteiger partial charge in [0.2, 0.25) is 0 Å². The molecule has 0 aliphatic carbocycles. The molecule has 0 aromatic heterocycles. The molecular weight excluding hydrogens is 244 g/mol. The highest BCUT2D eigenvalue weighted by atomic mass is 16.6. The summed E-state index contributed by atoms with van der Waals surface area (Å²) in [7, 11) is 0. The normalized spacial score (nSPS) is 12.4. The van der Waals surface area contributed by atoms with Crippen LogP contribution in [0.25, 0.3) is 0 Å². The maximum atomic E-state index is 11.0. The third-order valence-electron chi connectivity index (χ3n) is 1.53. The molecule has 104 valence electrons. The Morgan fingerprint density at radius 3 is 2.28 bits per heavy atom. The van der Waals surface area contributed by atoms with Crippen LogP contribution in [0.5, 0.6) is 0 Å². The number of hydrogen-bond acceptors (Lipinski definition) is 7. The molecule has 0 radical (unpaired) electrons. The number of esters is 2. The lowest BCUT2D eigenvalue weighted by Crippen LogP contribution is -2.14. The van der Waals surface area contributed by atoms with E-state index in [1.807, 2.05) is 0 Å². The SMILES string of the molecule is CC(O)COC(=O)/C=C/C(=O)OCCOCCO. The highest BCUT2D eigenvalue weighted by Crippen LogP contribution is 1.88. The molecule has 0 aliphatic heterocycles. The summed E-state index contributed by atoms with van der Waals surface area (Å²) in [5.74, 6) is -1.43. The van der Waals surface area contributed by atoms with E-state index in [4.69, 9.17) is 14.9 Å². The number of aliphatic hydroxyl groups is 2. The largest absolute Gasteiger partial charge is 0.460 e. The average molecular weight is 262 g/mol. The third kappa shape index (κ3) is 11.1. The highest BCUT2D eigenvalue weighted by molar-refractivity contribution is 5.91. The Hall–Kier alpha value is -1.44. The van der Waals surface area contributed by atoms with E-state index in [9.17, 15) is 9.59 Å². The molecule has 18 heavy (non-hydrogen) atoms. The van der Waals surface area contributed by atoms with Crippen LogP contribution in [-0.4, -0.2) is 61.3 Å². The van der Waals surface area contributed by atoms with Gasteiger partial charge in [0, 0.05) is 12.2 Å². The van der Waals surface area contributed by atoms with E-state index in [1.54, 1.807) is 0 Å². The van der Waals surface area contributed by atoms with Crippen molar-refractivity contribution >= 4 is 11.9 Å². The highest BCUT2D eigenvalue weighted by Gasteiger charge is 2.02. The lowest BCUT2D eigenvalue weighted by Gasteiger charge is -2.04. The first-order chi connectivity index (χ1) is 8.56. The van der Waals surface area contributed by atoms with Gasteiger partial charge in [0.05, 0.1) is 25.9 Å². The smallest absolute Gasteiger partial charge is 0.331 e. The summed E-state index contributed by atoms with van der Waals surface area (Å²) in [5.41, 5.74) is 0. The summed E-state index contributed by atoms with van der Waals surface area (Å²) in [6.45, 7) is 1.63. The van der Waals surface area contributed by atoms with Crippen molar-refractivity contribution in [2.24, 2.45) is 0 Å². The van der Waals surface area contributed by atoms with Gasteiger partial charge in [-0.15, -0.1) is 0 Å². The van der Waals surface area contributed by atoms with Gasteiger partial charge in [-0.05, 0) is 6.92 Å². The Labute approximate surface area is 105 Å². The van der Waals surface area contributed by atoms with E-state index in [0.29, 0.717) is 0 Å². The number of hydrogen-bond donors (Lipinski definition) is 2. The van der Waals surface area contributed by atoms with Crippen LogP contribution < -0.4 is 0 Å². The molecule has 7 heteroatoms. The Kier molecular flexibility index (Phi) is 9.84. The van der Waals surface area contributed by atoms with Crippen LogP contribution in [0, 0.1) is 0 Å². The van der Waals surface area contributed by atoms with Gasteiger partial charge in [0.25, 0.3) is 0 Å². The molecule has 1 atom stereocenters. The molecule has 0 spiro atoms. The second-order valence-electron chi connectivity index (χ2n) is 3.32. The molecule has 7 nitrogen and oxygen atoms in total. The van der Waals surface area contributed by atoms with Gasteiger partial charge in [-0.1, -0.05) is 0 Å². The van der Waals surface area contributed by atoms with Crippen molar-refractivity contribution in [2.45, 2.75) is 13.0 Å². The minimum Gasteiger partial charge on any atom is -0.460 e. The van der Waals surface area contributed by atoms with Crippen LogP contribution in [0.1, 0.15) is 6.92 Å². The molecule has 2 N–H and O–H groups in total. The molecule has 0 saturated carbocycles. The average Bonchev–Trinajstić information content (AvgIpc) is 2.33. The minimum atomic E-state index is -0.752. The number of carbonyl (C=O) groups is 2. The first-order valence-electron chi connectivity index (χ1n) is 5.44. The molecule has 0 amide bonds. The van der Waals surface area contributed by atoms with Crippen molar-refractivity contribution < 1.29 is 34.0 Å². The number of aliphatic hydroxyl groups excluding tert-OH is 2. The zero-order valence-electron chi connectivity index (χ0n) is 10.2. The fraction of sp³-hybridized carbons (Fsp3) is 0.636. The lowest BCUT2D eigenvalue weighted by atomic mass is 10.4. The van der Waals surface area contributed by atoms with Crippen molar-refractivity contribution in [1.29, 1.82) is 0 Å². The Morgan fingerprint density at radius 2 is 1.72 bits per heavy atom. The van der Waals surface area contributed by atoms with Gasteiger partial charge in [-0.3, -0.25) is 0 Å². The van der Waals surface area contributed by atoms with Crippen LogP contribution in [0.2, 0.25) is 0 Å². The monoisotopic (exact) mass is 262 g/mol. The predicted octanol–water partition coefficient (Wildman–Crippen LogP) is -0.981. The van der Waals surface area contributed by atoms with E-state index < -0.39 is 18.0 Å². The summed E-state index contributed by atoms with van der Waals surface area (Å²) in [4.78, 5) is 22.0. The quantitative estimate of drug-likeness (QED) is 0.313. The number of rotatable bonds is 9. The molecule has 0 aromatic rings. The van der Waals surface area contributed by atoms with E-state index in [1.165, 1.54) is 6.92 Å². The third-order valence-corrected chi connectivity index (χ3v) is 1.53. The summed E-state index contributed by atoms with van der Waals surface area (Å²) in [6.07, 6.45) is 1.09. The molecule has 0 rings (SSSR count). The molecular formula is C11H18O7. The van der Waals surface area contributed by atoms with Crippen LogP contribution in [-0.2, 0) is 23.8 Å². The molecule has 1 unspecified atom stereocenters. The summed E-state index contributed by atoms with van der Waals surface area (Å²) < 4.78 is 14.1. The zero-order chi connectivity index (χ0) is 13.8. The fourth-order valence-corrected chi connectivity index (χ4v) is 0.803. The van der Waals surface area contributed by atoms with E-state index >= 15 is 0 Å². The van der Waals surface area contributed by atoms with E-state index in [0.717, 1.165) is 12.2 Å². The van der Waals surface area contributed by atoms with Crippen molar-refractivity contribution in [1.82, 2.24) is 0 Å². The van der Waals surface area contributed by atoms with Gasteiger partial charge < -0.3 is 24.4 Å². The summed E-state index contributed by atoms with van der Waals surface area (Å²) >= 11 is 0. The van der Waals surface area contributed by atoms with Gasteiger partial charge in [-0.25, -0.2) is 9.59 Å². The maximum Gasteiger partial charge on any atom is 0.331 e. The van der Waals surface area contributed by atoms with Gasteiger partial charge in [0.15, 0.2) is 0 Å². The second kappa shape index (κ2) is 10.7. The van der Waals surface area contributed by atoms with Crippen LogP contribution in [0.3, 0.4) is 0 Å². The van der Waals surface area contributed by atoms with Crippen molar-refractivity contribution in [3.05, 3.63) is 12.2 Å². The molecule has 0 heterocycles. The van der Waals surface area contributed by atoms with Crippen LogP contribution >= 0.6 is 0 Å².